The van der Waals surface area contributed by atoms with Gasteiger partial charge in [0.05, 0.1) is 11.1 Å². The standard InChI is InChI=1S/C25H31N2O7PS/c1-5-13-25(14-6-2)18-10-8-7-9-17(18)22(28)21(23(25)29)24-26-19-12-11-16(34-35(4,30)33-3)15-20(19)36(31,32)27-24/h7-12,15,28,31-32H,5-6,13-14H2,1-4H3,(H,26,27). The molecule has 2 aromatic rings. The molecule has 0 saturated carbocycles. The molecule has 1 aliphatic carbocycles. The highest BCUT2D eigenvalue weighted by Crippen LogP contribution is 2.58. The molecule has 0 bridgehead atoms. The fourth-order valence-corrected chi connectivity index (χ4v) is 6.71. The summed E-state index contributed by atoms with van der Waals surface area (Å²) in [7, 11) is -5.92. The van der Waals surface area contributed by atoms with Gasteiger partial charge in [0.2, 0.25) is 0 Å². The van der Waals surface area contributed by atoms with E-state index in [1.54, 1.807) is 12.1 Å². The second-order valence-electron chi connectivity index (χ2n) is 8.97. The predicted molar refractivity (Wildman–Crippen MR) is 142 cm³/mol. The average molecular weight is 535 g/mol. The van der Waals surface area contributed by atoms with Crippen LogP contribution in [0, 0.1) is 0 Å². The van der Waals surface area contributed by atoms with E-state index < -0.39 is 23.8 Å². The van der Waals surface area contributed by atoms with Gasteiger partial charge in [-0.05, 0) is 30.5 Å². The van der Waals surface area contributed by atoms with E-state index in [-0.39, 0.29) is 39.3 Å². The number of nitrogens with zero attached hydrogens (tertiary/aromatic N) is 1. The van der Waals surface area contributed by atoms with Crippen LogP contribution in [0.2, 0.25) is 0 Å². The molecular formula is C25H31N2O7PS. The van der Waals surface area contributed by atoms with Gasteiger partial charge in [-0.15, -0.1) is 4.40 Å². The molecule has 9 nitrogen and oxygen atoms in total. The Balaban J connectivity index is 1.84. The van der Waals surface area contributed by atoms with Crippen LogP contribution in [0.1, 0.15) is 50.7 Å². The van der Waals surface area contributed by atoms with Crippen molar-refractivity contribution >= 4 is 41.4 Å². The summed E-state index contributed by atoms with van der Waals surface area (Å²) < 4.78 is 48.4. The first kappa shape index (κ1) is 26.4. The SMILES string of the molecule is CCCC1(CCC)C(=O)C(C2=NS(O)(O)c3cc(OP(C)(=O)OC)ccc3N2)=C(O)c2ccccc21. The van der Waals surface area contributed by atoms with Crippen LogP contribution in [0.5, 0.6) is 5.75 Å². The number of carbonyl (C=O) groups is 1. The van der Waals surface area contributed by atoms with Gasteiger partial charge < -0.3 is 19.5 Å². The molecule has 0 amide bonds. The van der Waals surface area contributed by atoms with E-state index in [1.165, 1.54) is 32.0 Å². The third-order valence-electron chi connectivity index (χ3n) is 6.51. The monoisotopic (exact) mass is 534 g/mol. The number of Topliss-reactive ketones (excluding diaryl/α,β-unsaturated/α-hetero) is 1. The third-order valence-corrected chi connectivity index (χ3v) is 9.08. The predicted octanol–water partition coefficient (Wildman–Crippen LogP) is 6.77. The van der Waals surface area contributed by atoms with Crippen molar-refractivity contribution in [2.24, 2.45) is 4.40 Å². The number of ketones is 1. The van der Waals surface area contributed by atoms with E-state index in [0.717, 1.165) is 18.4 Å². The van der Waals surface area contributed by atoms with Crippen LogP contribution < -0.4 is 9.84 Å². The number of carbonyl (C=O) groups excluding carboxylic acids is 1. The Morgan fingerprint density at radius 2 is 1.78 bits per heavy atom. The third kappa shape index (κ3) is 4.48. The highest BCUT2D eigenvalue weighted by molar-refractivity contribution is 8.23. The normalized spacial score (nSPS) is 20.4. The summed E-state index contributed by atoms with van der Waals surface area (Å²) in [6.07, 6.45) is 2.64. The maximum atomic E-state index is 14.1. The fraction of sp³-hybridized carbons (Fsp3) is 0.360. The molecule has 194 valence electrons. The van der Waals surface area contributed by atoms with E-state index >= 15 is 0 Å². The van der Waals surface area contributed by atoms with Crippen LogP contribution in [0.15, 0.2) is 57.3 Å². The number of fused-ring (bicyclic) bond motifs is 2. The lowest BCUT2D eigenvalue weighted by Crippen LogP contribution is -2.44. The van der Waals surface area contributed by atoms with E-state index in [4.69, 9.17) is 9.05 Å². The van der Waals surface area contributed by atoms with Crippen molar-refractivity contribution < 1.29 is 32.6 Å². The molecule has 0 radical (unpaired) electrons. The van der Waals surface area contributed by atoms with Crippen LogP contribution in [0.3, 0.4) is 0 Å². The maximum Gasteiger partial charge on any atom is 0.375 e. The highest BCUT2D eigenvalue weighted by atomic mass is 32.3. The zero-order valence-electron chi connectivity index (χ0n) is 20.6. The van der Waals surface area contributed by atoms with E-state index in [9.17, 15) is 23.6 Å². The smallest absolute Gasteiger partial charge is 0.375 e. The van der Waals surface area contributed by atoms with Crippen molar-refractivity contribution in [2.75, 3.05) is 19.1 Å². The van der Waals surface area contributed by atoms with E-state index in [0.29, 0.717) is 18.4 Å². The van der Waals surface area contributed by atoms with Crippen molar-refractivity contribution in [3.8, 4) is 5.75 Å². The molecule has 0 aromatic heterocycles. The second-order valence-corrected chi connectivity index (χ2v) is 12.7. The first-order valence-corrected chi connectivity index (χ1v) is 15.2. The molecule has 0 saturated heterocycles. The van der Waals surface area contributed by atoms with Crippen LogP contribution in [-0.2, 0) is 19.3 Å². The number of aliphatic hydroxyl groups excluding tert-OH is 1. The quantitative estimate of drug-likeness (QED) is 0.272. The van der Waals surface area contributed by atoms with Gasteiger partial charge in [0, 0.05) is 25.4 Å². The molecule has 1 aliphatic heterocycles. The van der Waals surface area contributed by atoms with Gasteiger partial charge in [0.25, 0.3) is 0 Å². The number of rotatable bonds is 8. The number of amidine groups is 1. The molecule has 1 heterocycles. The van der Waals surface area contributed by atoms with Crippen molar-refractivity contribution in [1.82, 2.24) is 0 Å². The van der Waals surface area contributed by atoms with E-state index in [2.05, 4.69) is 9.71 Å². The Kier molecular flexibility index (Phi) is 7.11. The van der Waals surface area contributed by atoms with E-state index in [1.807, 2.05) is 26.0 Å². The molecule has 2 aliphatic rings. The molecule has 0 fully saturated rings. The van der Waals surface area contributed by atoms with Crippen molar-refractivity contribution in [3.05, 3.63) is 59.2 Å². The van der Waals surface area contributed by atoms with Crippen LogP contribution in [0.25, 0.3) is 5.76 Å². The number of nitrogens with one attached hydrogen (secondary N) is 1. The van der Waals surface area contributed by atoms with Gasteiger partial charge in [0.1, 0.15) is 22.0 Å². The molecule has 11 heteroatoms. The summed E-state index contributed by atoms with van der Waals surface area (Å²) >= 11 is 0. The zero-order chi connectivity index (χ0) is 26.3. The number of hydrogen-bond acceptors (Lipinski definition) is 9. The van der Waals surface area contributed by atoms with Crippen molar-refractivity contribution in [3.63, 3.8) is 0 Å². The summed E-state index contributed by atoms with van der Waals surface area (Å²) in [6, 6.07) is 11.6. The number of aliphatic hydroxyl groups is 1. The van der Waals surface area contributed by atoms with Crippen LogP contribution in [-0.4, -0.2) is 39.6 Å². The summed E-state index contributed by atoms with van der Waals surface area (Å²) in [4.78, 5) is 14.1. The lowest BCUT2D eigenvalue weighted by atomic mass is 9.63. The van der Waals surface area contributed by atoms with Crippen molar-refractivity contribution in [2.45, 2.75) is 49.8 Å². The molecule has 1 unspecified atom stereocenters. The molecule has 0 spiro atoms. The Labute approximate surface area is 212 Å². The highest BCUT2D eigenvalue weighted by Gasteiger charge is 2.48. The van der Waals surface area contributed by atoms with Crippen molar-refractivity contribution in [1.29, 1.82) is 0 Å². The Morgan fingerprint density at radius 3 is 2.42 bits per heavy atom. The minimum atomic E-state index is -3.79. The zero-order valence-corrected chi connectivity index (χ0v) is 22.4. The Bertz CT molecular complexity index is 1320. The lowest BCUT2D eigenvalue weighted by molar-refractivity contribution is -0.121. The summed E-state index contributed by atoms with van der Waals surface area (Å²) in [5.41, 5.74) is 0.642. The first-order chi connectivity index (χ1) is 17.0. The minimum Gasteiger partial charge on any atom is -0.506 e. The Morgan fingerprint density at radius 1 is 1.11 bits per heavy atom. The summed E-state index contributed by atoms with van der Waals surface area (Å²) in [6.45, 7) is 5.30. The second kappa shape index (κ2) is 9.68. The largest absolute Gasteiger partial charge is 0.506 e. The maximum absolute atomic E-state index is 14.1. The van der Waals surface area contributed by atoms with Crippen LogP contribution >= 0.6 is 18.4 Å². The fourth-order valence-electron chi connectivity index (χ4n) is 4.96. The van der Waals surface area contributed by atoms with Gasteiger partial charge in [0.15, 0.2) is 11.6 Å². The molecule has 4 N–H and O–H groups in total. The summed E-state index contributed by atoms with van der Waals surface area (Å²) in [5, 5.41) is 14.2. The summed E-state index contributed by atoms with van der Waals surface area (Å²) in [5.74, 6) is -0.561. The first-order valence-electron chi connectivity index (χ1n) is 11.7. The molecule has 36 heavy (non-hydrogen) atoms. The molecule has 2 aromatic carbocycles. The topological polar surface area (TPSA) is 138 Å². The van der Waals surface area contributed by atoms with Gasteiger partial charge in [-0.25, -0.2) is 4.57 Å². The molecular weight excluding hydrogens is 503 g/mol. The van der Waals surface area contributed by atoms with Gasteiger partial charge in [-0.3, -0.25) is 13.9 Å². The number of anilines is 1. The van der Waals surface area contributed by atoms with Crippen LogP contribution in [0.4, 0.5) is 5.69 Å². The minimum absolute atomic E-state index is 0.0111. The van der Waals surface area contributed by atoms with Gasteiger partial charge in [-0.1, -0.05) is 61.7 Å². The van der Waals surface area contributed by atoms with Gasteiger partial charge >= 0.3 is 7.60 Å². The van der Waals surface area contributed by atoms with Gasteiger partial charge in [-0.2, -0.15) is 0 Å². The Hall–Kier alpha value is -2.62. The molecule has 1 atom stereocenters. The average Bonchev–Trinajstić information content (AvgIpc) is 2.83. The molecule has 4 rings (SSSR count). The number of hydrogen-bond donors (Lipinski definition) is 4. The number of benzene rings is 2. The lowest BCUT2D eigenvalue weighted by Gasteiger charge is -2.40.